The van der Waals surface area contributed by atoms with Gasteiger partial charge in [-0.1, -0.05) is 30.3 Å². The van der Waals surface area contributed by atoms with Gasteiger partial charge in [0, 0.05) is 6.20 Å². The summed E-state index contributed by atoms with van der Waals surface area (Å²) in [6, 6.07) is 12.4. The molecule has 0 aliphatic carbocycles. The molecule has 2 rings (SSSR count). The molecule has 6 heteroatoms. The smallest absolute Gasteiger partial charge is 0.308 e. The topological polar surface area (TPSA) is 68.3 Å². The number of ether oxygens (including phenoxy) is 1. The van der Waals surface area contributed by atoms with Gasteiger partial charge in [-0.25, -0.2) is 4.98 Å². The van der Waals surface area contributed by atoms with Crippen LogP contribution < -0.4 is 5.32 Å². The van der Waals surface area contributed by atoms with Crippen molar-refractivity contribution in [2.45, 2.75) is 37.4 Å². The Kier molecular flexibility index (Phi) is 7.01. The molecule has 0 aliphatic rings. The fourth-order valence-electron chi connectivity index (χ4n) is 2.38. The van der Waals surface area contributed by atoms with Gasteiger partial charge >= 0.3 is 5.97 Å². The van der Waals surface area contributed by atoms with Crippen molar-refractivity contribution in [2.24, 2.45) is 0 Å². The summed E-state index contributed by atoms with van der Waals surface area (Å²) >= 11 is 1.41. The Morgan fingerprint density at radius 2 is 1.88 bits per heavy atom. The van der Waals surface area contributed by atoms with Crippen molar-refractivity contribution >= 4 is 23.6 Å². The van der Waals surface area contributed by atoms with E-state index < -0.39 is 6.04 Å². The van der Waals surface area contributed by atoms with E-state index in [1.807, 2.05) is 36.6 Å². The molecule has 2 aromatic rings. The van der Waals surface area contributed by atoms with Gasteiger partial charge < -0.3 is 10.1 Å². The summed E-state index contributed by atoms with van der Waals surface area (Å²) in [6.07, 6.45) is 3.40. The highest BCUT2D eigenvalue weighted by Crippen LogP contribution is 2.21. The van der Waals surface area contributed by atoms with Crippen LogP contribution in [-0.4, -0.2) is 29.2 Å². The van der Waals surface area contributed by atoms with Crippen molar-refractivity contribution < 1.29 is 14.3 Å². The zero-order valence-corrected chi connectivity index (χ0v) is 15.4. The number of amides is 1. The Morgan fingerprint density at radius 1 is 1.16 bits per heavy atom. The van der Waals surface area contributed by atoms with Crippen LogP contribution in [0.3, 0.4) is 0 Å². The predicted molar refractivity (Wildman–Crippen MR) is 98.5 cm³/mol. The van der Waals surface area contributed by atoms with Crippen molar-refractivity contribution in [2.75, 3.05) is 6.26 Å². The minimum atomic E-state index is -0.463. The maximum atomic E-state index is 12.7. The van der Waals surface area contributed by atoms with Crippen LogP contribution in [0.1, 0.15) is 42.2 Å². The quantitative estimate of drug-likeness (QED) is 0.605. The molecule has 0 aliphatic heterocycles. The summed E-state index contributed by atoms with van der Waals surface area (Å²) in [6.45, 7) is 3.60. The van der Waals surface area contributed by atoms with Crippen molar-refractivity contribution in [3.05, 3.63) is 59.8 Å². The third-order valence-electron chi connectivity index (χ3n) is 3.45. The van der Waals surface area contributed by atoms with Crippen LogP contribution in [0, 0.1) is 0 Å². The van der Waals surface area contributed by atoms with Crippen LogP contribution in [0.25, 0.3) is 0 Å². The Labute approximate surface area is 152 Å². The molecule has 1 atom stereocenters. The Morgan fingerprint density at radius 3 is 2.52 bits per heavy atom. The first-order chi connectivity index (χ1) is 12.0. The van der Waals surface area contributed by atoms with Crippen LogP contribution in [0.2, 0.25) is 0 Å². The lowest BCUT2D eigenvalue weighted by Gasteiger charge is -2.20. The van der Waals surface area contributed by atoms with Crippen LogP contribution in [0.4, 0.5) is 0 Å². The maximum Gasteiger partial charge on any atom is 0.308 e. The van der Waals surface area contributed by atoms with Crippen molar-refractivity contribution in [3.63, 3.8) is 0 Å². The first kappa shape index (κ1) is 19.0. The van der Waals surface area contributed by atoms with E-state index in [4.69, 9.17) is 4.74 Å². The van der Waals surface area contributed by atoms with E-state index in [2.05, 4.69) is 10.3 Å². The zero-order valence-electron chi connectivity index (χ0n) is 14.6. The van der Waals surface area contributed by atoms with Crippen LogP contribution >= 0.6 is 11.8 Å². The number of nitrogens with zero attached hydrogens (tertiary/aromatic N) is 1. The molecular formula is C19H22N2O3S. The van der Waals surface area contributed by atoms with Crippen LogP contribution in [0.5, 0.6) is 0 Å². The lowest BCUT2D eigenvalue weighted by Crippen LogP contribution is -2.31. The predicted octanol–water partition coefficient (Wildman–Crippen LogP) is 3.62. The summed E-state index contributed by atoms with van der Waals surface area (Å²) in [7, 11) is 0. The number of benzene rings is 1. The third kappa shape index (κ3) is 5.60. The number of esters is 1. The van der Waals surface area contributed by atoms with Gasteiger partial charge in [-0.3, -0.25) is 9.59 Å². The molecule has 0 unspecified atom stereocenters. The number of carbonyl (C=O) groups is 2. The van der Waals surface area contributed by atoms with E-state index in [0.717, 1.165) is 5.56 Å². The second-order valence-electron chi connectivity index (χ2n) is 5.74. The molecule has 25 heavy (non-hydrogen) atoms. The molecular weight excluding hydrogens is 336 g/mol. The molecule has 1 aromatic carbocycles. The molecule has 5 nitrogen and oxygen atoms in total. The monoisotopic (exact) mass is 358 g/mol. The molecule has 1 N–H and O–H groups in total. The van der Waals surface area contributed by atoms with Gasteiger partial charge in [-0.2, -0.15) is 0 Å². The van der Waals surface area contributed by atoms with Gasteiger partial charge in [0.15, 0.2) is 0 Å². The fraction of sp³-hybridized carbons (Fsp3) is 0.316. The van der Waals surface area contributed by atoms with Gasteiger partial charge in [0.1, 0.15) is 5.03 Å². The van der Waals surface area contributed by atoms with E-state index in [-0.39, 0.29) is 24.4 Å². The fourth-order valence-corrected chi connectivity index (χ4v) is 2.92. The highest BCUT2D eigenvalue weighted by atomic mass is 32.2. The molecule has 1 amide bonds. The highest BCUT2D eigenvalue weighted by molar-refractivity contribution is 7.98. The number of hydrogen-bond donors (Lipinski definition) is 1. The Hall–Kier alpha value is -2.34. The number of aromatic nitrogens is 1. The Balaban J connectivity index is 2.21. The molecule has 1 aromatic heterocycles. The maximum absolute atomic E-state index is 12.7. The molecule has 0 bridgehead atoms. The molecule has 0 radical (unpaired) electrons. The van der Waals surface area contributed by atoms with Crippen LogP contribution in [0.15, 0.2) is 53.7 Å². The lowest BCUT2D eigenvalue weighted by atomic mass is 10.0. The average molecular weight is 358 g/mol. The van der Waals surface area contributed by atoms with Crippen molar-refractivity contribution in [1.82, 2.24) is 10.3 Å². The largest absolute Gasteiger partial charge is 0.463 e. The number of hydrogen-bond acceptors (Lipinski definition) is 5. The third-order valence-corrected chi connectivity index (χ3v) is 4.17. The average Bonchev–Trinajstić information content (AvgIpc) is 2.61. The second-order valence-corrected chi connectivity index (χ2v) is 6.53. The van der Waals surface area contributed by atoms with Gasteiger partial charge in [-0.15, -0.1) is 11.8 Å². The highest BCUT2D eigenvalue weighted by Gasteiger charge is 2.22. The zero-order chi connectivity index (χ0) is 18.2. The van der Waals surface area contributed by atoms with Gasteiger partial charge in [0.05, 0.1) is 24.1 Å². The van der Waals surface area contributed by atoms with E-state index in [1.54, 1.807) is 32.2 Å². The lowest BCUT2D eigenvalue weighted by molar-refractivity contribution is -0.147. The van der Waals surface area contributed by atoms with Gasteiger partial charge in [0.25, 0.3) is 5.91 Å². The van der Waals surface area contributed by atoms with Gasteiger partial charge in [0.2, 0.25) is 0 Å². The normalized spacial score (nSPS) is 11.8. The molecule has 0 saturated heterocycles. The van der Waals surface area contributed by atoms with E-state index in [0.29, 0.717) is 10.6 Å². The number of rotatable bonds is 7. The number of nitrogens with one attached hydrogen (secondary N) is 1. The standard InChI is InChI=1S/C19H22N2O3S/c1-13(2)24-17(22)12-16(14-8-5-4-6-9-14)21-18(23)15-10-7-11-20-19(15)25-3/h4-11,13,16H,12H2,1-3H3,(H,21,23)/t16-/m0/s1. The second kappa shape index (κ2) is 9.22. The number of pyridine rings is 1. The first-order valence-corrected chi connectivity index (χ1v) is 9.28. The molecule has 0 saturated carbocycles. The van der Waals surface area contributed by atoms with E-state index in [9.17, 15) is 9.59 Å². The SMILES string of the molecule is CSc1ncccc1C(=O)N[C@@H](CC(=O)OC(C)C)c1ccccc1. The van der Waals surface area contributed by atoms with E-state index >= 15 is 0 Å². The van der Waals surface area contributed by atoms with Crippen molar-refractivity contribution in [3.8, 4) is 0 Å². The molecule has 132 valence electrons. The van der Waals surface area contributed by atoms with Gasteiger partial charge in [-0.05, 0) is 37.8 Å². The summed E-state index contributed by atoms with van der Waals surface area (Å²) in [5.74, 6) is -0.607. The molecule has 0 fully saturated rings. The summed E-state index contributed by atoms with van der Waals surface area (Å²) in [4.78, 5) is 29.0. The summed E-state index contributed by atoms with van der Waals surface area (Å²) in [5, 5.41) is 3.58. The minimum Gasteiger partial charge on any atom is -0.463 e. The molecule has 0 spiro atoms. The van der Waals surface area contributed by atoms with Crippen molar-refractivity contribution in [1.29, 1.82) is 0 Å². The summed E-state index contributed by atoms with van der Waals surface area (Å²) in [5.41, 5.74) is 1.35. The number of thioether (sulfide) groups is 1. The van der Waals surface area contributed by atoms with E-state index in [1.165, 1.54) is 11.8 Å². The van der Waals surface area contributed by atoms with Crippen LogP contribution in [-0.2, 0) is 9.53 Å². The number of carbonyl (C=O) groups excluding carboxylic acids is 2. The molecule has 1 heterocycles. The minimum absolute atomic E-state index is 0.0722. The first-order valence-electron chi connectivity index (χ1n) is 8.05. The summed E-state index contributed by atoms with van der Waals surface area (Å²) < 4.78 is 5.23. The Bertz CT molecular complexity index is 720.